The highest BCUT2D eigenvalue weighted by Gasteiger charge is 2.54. The van der Waals surface area contributed by atoms with Gasteiger partial charge in [0.25, 0.3) is 0 Å². The first kappa shape index (κ1) is 41.5. The predicted molar refractivity (Wildman–Crippen MR) is 161 cm³/mol. The lowest BCUT2D eigenvalue weighted by Crippen LogP contribution is -2.67. The zero-order valence-corrected chi connectivity index (χ0v) is 29.4. The number of ether oxygens (including phenoxy) is 16. The van der Waals surface area contributed by atoms with Gasteiger partial charge >= 0.3 is 0 Å². The highest BCUT2D eigenvalue weighted by atomic mass is 16.8. The molecule has 0 bridgehead atoms. The molecule has 0 amide bonds. The smallest absolute Gasteiger partial charge is 0.187 e. The van der Waals surface area contributed by atoms with E-state index in [2.05, 4.69) is 0 Å². The third-order valence-electron chi connectivity index (χ3n) is 8.38. The van der Waals surface area contributed by atoms with Crippen molar-refractivity contribution in [2.24, 2.45) is 0 Å². The Balaban J connectivity index is 2.48. The molecule has 0 radical (unpaired) electrons. The average Bonchev–Trinajstić information content (AvgIpc) is 3.07. The summed E-state index contributed by atoms with van der Waals surface area (Å²) >= 11 is 0. The second-order valence-electron chi connectivity index (χ2n) is 10.9. The van der Waals surface area contributed by atoms with Gasteiger partial charge in [0.15, 0.2) is 12.6 Å². The molecule has 2 saturated heterocycles. The van der Waals surface area contributed by atoms with Crippen molar-refractivity contribution in [1.29, 1.82) is 0 Å². The highest BCUT2D eigenvalue weighted by molar-refractivity contribution is 4.97. The van der Waals surface area contributed by atoms with E-state index >= 15 is 0 Å². The third-order valence-corrected chi connectivity index (χ3v) is 8.38. The van der Waals surface area contributed by atoms with E-state index in [1.807, 2.05) is 0 Å². The monoisotopic (exact) mass is 674 g/mol. The molecule has 0 aromatic carbocycles. The van der Waals surface area contributed by atoms with Crippen LogP contribution in [0.15, 0.2) is 0 Å². The quantitative estimate of drug-likeness (QED) is 0.142. The molecule has 0 aromatic rings. The lowest BCUT2D eigenvalue weighted by molar-refractivity contribution is -0.375. The van der Waals surface area contributed by atoms with E-state index in [4.69, 9.17) is 75.8 Å². The molecule has 0 aromatic heterocycles. The van der Waals surface area contributed by atoms with Crippen LogP contribution in [-0.4, -0.2) is 198 Å². The van der Waals surface area contributed by atoms with Crippen LogP contribution in [0.5, 0.6) is 0 Å². The van der Waals surface area contributed by atoms with Gasteiger partial charge in [-0.15, -0.1) is 0 Å². The second kappa shape index (κ2) is 22.2. The van der Waals surface area contributed by atoms with Gasteiger partial charge in [0, 0.05) is 85.3 Å². The predicted octanol–water partition coefficient (Wildman–Crippen LogP) is -0.0878. The number of methoxy groups -OCH3 is 12. The Hall–Kier alpha value is -0.640. The van der Waals surface area contributed by atoms with Gasteiger partial charge in [-0.25, -0.2) is 0 Å². The summed E-state index contributed by atoms with van der Waals surface area (Å²) < 4.78 is 94.8. The zero-order chi connectivity index (χ0) is 34.2. The fourth-order valence-electron chi connectivity index (χ4n) is 6.16. The van der Waals surface area contributed by atoms with Gasteiger partial charge in [0.1, 0.15) is 73.2 Å². The molecule has 9 unspecified atom stereocenters. The van der Waals surface area contributed by atoms with Crippen LogP contribution in [0.2, 0.25) is 0 Å². The molecule has 2 rings (SSSR count). The molecule has 16 nitrogen and oxygen atoms in total. The van der Waals surface area contributed by atoms with Crippen LogP contribution < -0.4 is 0 Å². The van der Waals surface area contributed by atoms with E-state index in [1.165, 1.54) is 7.11 Å². The Morgan fingerprint density at radius 3 is 1.30 bits per heavy atom. The van der Waals surface area contributed by atoms with E-state index in [1.54, 1.807) is 78.2 Å². The van der Waals surface area contributed by atoms with Crippen molar-refractivity contribution < 1.29 is 75.8 Å². The van der Waals surface area contributed by atoms with Gasteiger partial charge in [-0.2, -0.15) is 0 Å². The third kappa shape index (κ3) is 10.2. The maximum atomic E-state index is 6.67. The molecular weight excluding hydrogens is 616 g/mol. The fraction of sp³-hybridized carbons (Fsp3) is 1.00. The summed E-state index contributed by atoms with van der Waals surface area (Å²) in [5.41, 5.74) is 0. The molecule has 0 aliphatic carbocycles. The molecule has 16 heteroatoms. The molecular formula is C30H58O16. The Labute approximate surface area is 273 Å². The number of hydrogen-bond donors (Lipinski definition) is 0. The van der Waals surface area contributed by atoms with Crippen LogP contribution in [-0.2, 0) is 75.8 Å². The van der Waals surface area contributed by atoms with Crippen molar-refractivity contribution in [2.75, 3.05) is 112 Å². The van der Waals surface area contributed by atoms with E-state index in [-0.39, 0.29) is 26.4 Å². The summed E-state index contributed by atoms with van der Waals surface area (Å²) in [7, 11) is 18.8. The minimum absolute atomic E-state index is 0.121. The maximum Gasteiger partial charge on any atom is 0.187 e. The van der Waals surface area contributed by atoms with Crippen molar-refractivity contribution in [3.05, 3.63) is 0 Å². The Kier molecular flexibility index (Phi) is 20.0. The van der Waals surface area contributed by atoms with Crippen LogP contribution in [0, 0.1) is 0 Å². The van der Waals surface area contributed by atoms with E-state index in [0.717, 1.165) is 0 Å². The SMILES string of the molecule is COCC(OC)C(OC)C(OC1OC(COC)C(O[C@@H]2O[C@H](COC)[C@H](OC)[C@H](OC)[C@H]2OC)C(OC)C1OC)C(COC)OC. The Bertz CT molecular complexity index is 781. The minimum atomic E-state index is -0.997. The molecule has 14 atom stereocenters. The van der Waals surface area contributed by atoms with Gasteiger partial charge < -0.3 is 75.8 Å². The summed E-state index contributed by atoms with van der Waals surface area (Å²) in [6.45, 7) is 0.783. The normalized spacial score (nSPS) is 34.7. The second-order valence-corrected chi connectivity index (χ2v) is 10.9. The van der Waals surface area contributed by atoms with Crippen molar-refractivity contribution in [3.8, 4) is 0 Å². The average molecular weight is 675 g/mol. The first-order chi connectivity index (χ1) is 22.3. The van der Waals surface area contributed by atoms with Crippen molar-refractivity contribution in [2.45, 2.75) is 85.8 Å². The standard InChI is InChI=1S/C30H58O16/c1-31-13-17(35-5)21(37-7)23(18(36-6)14-32-2)45-30-28(42-12)26(40-10)24(20(44-30)16-34-4)46-29-27(41-11)25(39-9)22(38-8)19(43-29)15-33-3/h17-30H,13-16H2,1-12H3/t17?,18?,19-,20?,21?,22+,23?,24?,25+,26?,27-,28?,29+,30?/m1/s1. The first-order valence-electron chi connectivity index (χ1n) is 15.1. The van der Waals surface area contributed by atoms with Gasteiger partial charge in [-0.1, -0.05) is 0 Å². The van der Waals surface area contributed by atoms with E-state index < -0.39 is 85.8 Å². The van der Waals surface area contributed by atoms with Crippen LogP contribution in [0.25, 0.3) is 0 Å². The van der Waals surface area contributed by atoms with Crippen LogP contribution >= 0.6 is 0 Å². The topological polar surface area (TPSA) is 148 Å². The largest absolute Gasteiger partial charge is 0.382 e. The summed E-state index contributed by atoms with van der Waals surface area (Å²) in [6.07, 6.45) is -9.65. The van der Waals surface area contributed by atoms with E-state index in [9.17, 15) is 0 Å². The van der Waals surface area contributed by atoms with Gasteiger partial charge in [0.05, 0.1) is 26.4 Å². The summed E-state index contributed by atoms with van der Waals surface area (Å²) in [5, 5.41) is 0. The van der Waals surface area contributed by atoms with Crippen LogP contribution in [0.1, 0.15) is 0 Å². The van der Waals surface area contributed by atoms with Gasteiger partial charge in [-0.3, -0.25) is 0 Å². The number of rotatable bonds is 23. The fourth-order valence-corrected chi connectivity index (χ4v) is 6.16. The molecule has 0 N–H and O–H groups in total. The van der Waals surface area contributed by atoms with Crippen LogP contribution in [0.3, 0.4) is 0 Å². The molecule has 2 aliphatic heterocycles. The number of hydrogen-bond acceptors (Lipinski definition) is 16. The first-order valence-corrected chi connectivity index (χ1v) is 15.1. The summed E-state index contributed by atoms with van der Waals surface area (Å²) in [5.74, 6) is 0. The van der Waals surface area contributed by atoms with Crippen molar-refractivity contribution in [3.63, 3.8) is 0 Å². The van der Waals surface area contributed by atoms with Gasteiger partial charge in [-0.05, 0) is 0 Å². The molecule has 2 fully saturated rings. The van der Waals surface area contributed by atoms with Gasteiger partial charge in [0.2, 0.25) is 0 Å². The summed E-state index contributed by atoms with van der Waals surface area (Å²) in [4.78, 5) is 0. The molecule has 2 aliphatic rings. The molecule has 274 valence electrons. The highest BCUT2D eigenvalue weighted by Crippen LogP contribution is 2.35. The molecule has 2 heterocycles. The Morgan fingerprint density at radius 2 is 0.870 bits per heavy atom. The van der Waals surface area contributed by atoms with Crippen LogP contribution in [0.4, 0.5) is 0 Å². The lowest BCUT2D eigenvalue weighted by Gasteiger charge is -2.50. The molecule has 46 heavy (non-hydrogen) atoms. The van der Waals surface area contributed by atoms with Crippen molar-refractivity contribution >= 4 is 0 Å². The lowest BCUT2D eigenvalue weighted by atomic mass is 9.96. The maximum absolute atomic E-state index is 6.67. The Morgan fingerprint density at radius 1 is 0.435 bits per heavy atom. The van der Waals surface area contributed by atoms with Crippen molar-refractivity contribution in [1.82, 2.24) is 0 Å². The zero-order valence-electron chi connectivity index (χ0n) is 29.4. The molecule has 0 saturated carbocycles. The minimum Gasteiger partial charge on any atom is -0.382 e. The molecule has 0 spiro atoms. The summed E-state index contributed by atoms with van der Waals surface area (Å²) in [6, 6.07) is 0. The van der Waals surface area contributed by atoms with E-state index in [0.29, 0.717) is 0 Å².